The van der Waals surface area contributed by atoms with Crippen LogP contribution < -0.4 is 11.1 Å². The van der Waals surface area contributed by atoms with Gasteiger partial charge in [-0.1, -0.05) is 12.1 Å². The summed E-state index contributed by atoms with van der Waals surface area (Å²) in [5.41, 5.74) is 8.39. The molecule has 6 heteroatoms. The first kappa shape index (κ1) is 19.8. The second kappa shape index (κ2) is 7.60. The summed E-state index contributed by atoms with van der Waals surface area (Å²) in [6, 6.07) is 7.63. The number of hydrogen-bond donors (Lipinski definition) is 2. The van der Waals surface area contributed by atoms with Gasteiger partial charge in [-0.25, -0.2) is 0 Å². The van der Waals surface area contributed by atoms with Crippen LogP contribution in [-0.2, 0) is 10.2 Å². The van der Waals surface area contributed by atoms with Crippen LogP contribution in [-0.4, -0.2) is 68.4 Å². The molecule has 0 bridgehead atoms. The van der Waals surface area contributed by atoms with E-state index >= 15 is 0 Å². The Morgan fingerprint density at radius 1 is 1.11 bits per heavy atom. The molecule has 148 valence electrons. The summed E-state index contributed by atoms with van der Waals surface area (Å²) < 4.78 is 0. The molecule has 0 aromatic heterocycles. The van der Waals surface area contributed by atoms with E-state index in [9.17, 15) is 9.59 Å². The van der Waals surface area contributed by atoms with Gasteiger partial charge in [0.15, 0.2) is 0 Å². The van der Waals surface area contributed by atoms with Crippen molar-refractivity contribution in [1.29, 1.82) is 0 Å². The minimum absolute atomic E-state index is 0.0853. The van der Waals surface area contributed by atoms with Gasteiger partial charge in [0, 0.05) is 49.6 Å². The molecule has 2 aliphatic carbocycles. The second-order valence-electron chi connectivity index (χ2n) is 8.74. The number of nitrogens with one attached hydrogen (secondary N) is 1. The molecule has 3 N–H and O–H groups in total. The van der Waals surface area contributed by atoms with Gasteiger partial charge in [0.05, 0.1) is 0 Å². The number of amides is 2. The monoisotopic (exact) mass is 372 g/mol. The van der Waals surface area contributed by atoms with Gasteiger partial charge < -0.3 is 20.9 Å². The average molecular weight is 373 g/mol. The van der Waals surface area contributed by atoms with Crippen LogP contribution in [0, 0.1) is 5.92 Å². The summed E-state index contributed by atoms with van der Waals surface area (Å²) in [7, 11) is 7.70. The predicted octanol–water partition coefficient (Wildman–Crippen LogP) is 1.20. The fourth-order valence-corrected chi connectivity index (χ4v) is 4.32. The van der Waals surface area contributed by atoms with E-state index in [1.54, 1.807) is 19.0 Å². The Labute approximate surface area is 162 Å². The summed E-state index contributed by atoms with van der Waals surface area (Å²) in [4.78, 5) is 28.6. The van der Waals surface area contributed by atoms with Crippen LogP contribution in [0.1, 0.15) is 41.6 Å². The number of likely N-dealkylation sites (N-methyl/N-ethyl adjacent to an activating group) is 1. The third-order valence-corrected chi connectivity index (χ3v) is 5.95. The number of rotatable bonds is 6. The normalized spacial score (nSPS) is 26.1. The van der Waals surface area contributed by atoms with E-state index in [-0.39, 0.29) is 35.2 Å². The second-order valence-corrected chi connectivity index (χ2v) is 8.74. The van der Waals surface area contributed by atoms with Crippen LogP contribution in [0.5, 0.6) is 0 Å². The van der Waals surface area contributed by atoms with Crippen molar-refractivity contribution in [2.75, 3.05) is 34.7 Å². The first-order valence-electron chi connectivity index (χ1n) is 9.75. The molecule has 0 saturated heterocycles. The summed E-state index contributed by atoms with van der Waals surface area (Å²) in [6.45, 7) is 1.04. The quantitative estimate of drug-likeness (QED) is 0.787. The molecule has 2 fully saturated rings. The summed E-state index contributed by atoms with van der Waals surface area (Å²) >= 11 is 0. The zero-order chi connectivity index (χ0) is 19.8. The van der Waals surface area contributed by atoms with Crippen molar-refractivity contribution in [2.24, 2.45) is 11.7 Å². The lowest BCUT2D eigenvalue weighted by atomic mass is 9.94. The zero-order valence-electron chi connectivity index (χ0n) is 16.9. The van der Waals surface area contributed by atoms with Crippen LogP contribution in [0.25, 0.3) is 0 Å². The maximum absolute atomic E-state index is 12.6. The number of nitrogens with two attached hydrogens (primary N) is 1. The summed E-state index contributed by atoms with van der Waals surface area (Å²) in [6.07, 6.45) is 3.63. The zero-order valence-corrected chi connectivity index (χ0v) is 16.9. The number of nitrogens with zero attached hydrogens (tertiary/aromatic N) is 2. The molecule has 3 unspecified atom stereocenters. The number of hydrogen-bond acceptors (Lipinski definition) is 4. The Bertz CT molecular complexity index is 695. The molecule has 3 atom stereocenters. The molecule has 1 aromatic rings. The van der Waals surface area contributed by atoms with Gasteiger partial charge in [-0.2, -0.15) is 0 Å². The van der Waals surface area contributed by atoms with Crippen LogP contribution in [0.4, 0.5) is 0 Å². The van der Waals surface area contributed by atoms with E-state index in [2.05, 4.69) is 36.4 Å². The molecule has 1 aromatic carbocycles. The maximum atomic E-state index is 12.6. The smallest absolute Gasteiger partial charge is 0.251 e. The van der Waals surface area contributed by atoms with Crippen molar-refractivity contribution in [3.05, 3.63) is 35.4 Å². The van der Waals surface area contributed by atoms with Gasteiger partial charge in [-0.05, 0) is 57.5 Å². The van der Waals surface area contributed by atoms with Gasteiger partial charge in [0.25, 0.3) is 5.91 Å². The van der Waals surface area contributed by atoms with Crippen molar-refractivity contribution < 1.29 is 9.59 Å². The predicted molar refractivity (Wildman–Crippen MR) is 107 cm³/mol. The molecule has 0 aliphatic heterocycles. The highest BCUT2D eigenvalue weighted by Crippen LogP contribution is 2.48. The molecule has 27 heavy (non-hydrogen) atoms. The van der Waals surface area contributed by atoms with E-state index in [0.717, 1.165) is 6.54 Å². The van der Waals surface area contributed by atoms with Gasteiger partial charge in [0.2, 0.25) is 5.91 Å². The first-order chi connectivity index (χ1) is 12.7. The topological polar surface area (TPSA) is 78.7 Å². The minimum Gasteiger partial charge on any atom is -0.349 e. The summed E-state index contributed by atoms with van der Waals surface area (Å²) in [5.74, 6) is -0.136. The highest BCUT2D eigenvalue weighted by atomic mass is 16.2. The third kappa shape index (κ3) is 4.33. The Morgan fingerprint density at radius 3 is 2.26 bits per heavy atom. The van der Waals surface area contributed by atoms with E-state index in [1.807, 2.05) is 12.1 Å². The molecule has 2 saturated carbocycles. The fraction of sp³-hybridized carbons (Fsp3) is 0.619. The molecular formula is C21H32N4O2. The average Bonchev–Trinajstić information content (AvgIpc) is 3.30. The summed E-state index contributed by atoms with van der Waals surface area (Å²) in [5, 5.41) is 3.03. The van der Waals surface area contributed by atoms with Crippen LogP contribution in [0.2, 0.25) is 0 Å². The van der Waals surface area contributed by atoms with E-state index in [0.29, 0.717) is 18.4 Å². The lowest BCUT2D eigenvalue weighted by Gasteiger charge is -2.21. The van der Waals surface area contributed by atoms with Crippen molar-refractivity contribution in [2.45, 2.75) is 43.2 Å². The van der Waals surface area contributed by atoms with Gasteiger partial charge in [-0.15, -0.1) is 0 Å². The number of carbonyl (C=O) groups excluding carboxylic acids is 2. The molecule has 0 spiro atoms. The fourth-order valence-electron chi connectivity index (χ4n) is 4.32. The van der Waals surface area contributed by atoms with Crippen LogP contribution in [0.15, 0.2) is 24.3 Å². The Kier molecular flexibility index (Phi) is 5.58. The third-order valence-electron chi connectivity index (χ3n) is 5.95. The van der Waals surface area contributed by atoms with Gasteiger partial charge in [0.1, 0.15) is 0 Å². The molecule has 2 aliphatic rings. The molecule has 0 radical (unpaired) electrons. The molecule has 3 rings (SSSR count). The highest BCUT2D eigenvalue weighted by molar-refractivity contribution is 5.94. The molecule has 6 nitrogen and oxygen atoms in total. The Hall–Kier alpha value is -1.92. The van der Waals surface area contributed by atoms with Crippen LogP contribution >= 0.6 is 0 Å². The Balaban J connectivity index is 1.61. The van der Waals surface area contributed by atoms with Gasteiger partial charge in [-0.3, -0.25) is 9.59 Å². The Morgan fingerprint density at radius 2 is 1.74 bits per heavy atom. The molecular weight excluding hydrogens is 340 g/mol. The molecule has 2 amide bonds. The molecule has 0 heterocycles. The first-order valence-corrected chi connectivity index (χ1v) is 9.75. The van der Waals surface area contributed by atoms with Crippen molar-refractivity contribution in [3.8, 4) is 0 Å². The standard InChI is InChI=1S/C21H32N4O2/c1-24(2)13-21(9-10-21)16-7-5-14(6-8-16)19(26)23-18-12-15(11-17(18)22)20(27)25(3)4/h5-8,15,17-18H,9-13,22H2,1-4H3,(H,23,26). The minimum atomic E-state index is -0.183. The number of benzene rings is 1. The SMILES string of the molecule is CN(C)CC1(c2ccc(C(=O)NC3CC(C(=O)N(C)C)CC3N)cc2)CC1. The van der Waals surface area contributed by atoms with Crippen LogP contribution in [0.3, 0.4) is 0 Å². The maximum Gasteiger partial charge on any atom is 0.251 e. The van der Waals surface area contributed by atoms with Crippen molar-refractivity contribution in [1.82, 2.24) is 15.1 Å². The van der Waals surface area contributed by atoms with E-state index < -0.39 is 0 Å². The van der Waals surface area contributed by atoms with Gasteiger partial charge >= 0.3 is 0 Å². The van der Waals surface area contributed by atoms with E-state index in [1.165, 1.54) is 18.4 Å². The lowest BCUT2D eigenvalue weighted by Crippen LogP contribution is -2.44. The number of carbonyl (C=O) groups is 2. The van der Waals surface area contributed by atoms with E-state index in [4.69, 9.17) is 5.73 Å². The van der Waals surface area contributed by atoms with Crippen molar-refractivity contribution in [3.63, 3.8) is 0 Å². The lowest BCUT2D eigenvalue weighted by molar-refractivity contribution is -0.132. The van der Waals surface area contributed by atoms with Crippen molar-refractivity contribution >= 4 is 11.8 Å². The largest absolute Gasteiger partial charge is 0.349 e. The highest BCUT2D eigenvalue weighted by Gasteiger charge is 2.44.